The zero-order chi connectivity index (χ0) is 13.7. The summed E-state index contributed by atoms with van der Waals surface area (Å²) in [6.45, 7) is 3.90. The molecule has 1 aromatic carbocycles. The predicted molar refractivity (Wildman–Crippen MR) is 66.6 cm³/mol. The summed E-state index contributed by atoms with van der Waals surface area (Å²) in [5, 5.41) is 11.5. The zero-order valence-electron chi connectivity index (χ0n) is 10.3. The number of amides is 1. The van der Waals surface area contributed by atoms with Crippen LogP contribution in [0.3, 0.4) is 0 Å². The number of carboxylic acids is 1. The predicted octanol–water partition coefficient (Wildman–Crippen LogP) is 0.870. The van der Waals surface area contributed by atoms with Crippen LogP contribution in [0.15, 0.2) is 18.2 Å². The zero-order valence-corrected chi connectivity index (χ0v) is 10.3. The van der Waals surface area contributed by atoms with E-state index in [1.165, 1.54) is 18.2 Å². The van der Waals surface area contributed by atoms with Gasteiger partial charge in [0.2, 0.25) is 0 Å². The van der Waals surface area contributed by atoms with Gasteiger partial charge in [0.25, 0.3) is 5.91 Å². The van der Waals surface area contributed by atoms with Gasteiger partial charge in [0, 0.05) is 12.2 Å². The first-order chi connectivity index (χ1) is 8.45. The van der Waals surface area contributed by atoms with E-state index in [0.717, 1.165) is 0 Å². The molecule has 0 saturated heterocycles. The molecule has 0 spiro atoms. The summed E-state index contributed by atoms with van der Waals surface area (Å²) in [5.74, 6) is -1.10. The standard InChI is InChI=1S/C12H16N2O4/c1-3-14-11(15)7(2)18-8-4-5-10(13)9(6-8)12(16)17/h4-7H,3,13H2,1-2H3,(H,14,15)(H,16,17). The lowest BCUT2D eigenvalue weighted by atomic mass is 10.1. The van der Waals surface area contributed by atoms with Crippen molar-refractivity contribution in [2.45, 2.75) is 20.0 Å². The van der Waals surface area contributed by atoms with E-state index >= 15 is 0 Å². The lowest BCUT2D eigenvalue weighted by molar-refractivity contribution is -0.127. The first kappa shape index (κ1) is 13.8. The van der Waals surface area contributed by atoms with Crippen LogP contribution in [0.25, 0.3) is 0 Å². The minimum atomic E-state index is -1.14. The molecule has 0 bridgehead atoms. The van der Waals surface area contributed by atoms with Gasteiger partial charge in [0.15, 0.2) is 6.10 Å². The molecule has 0 aliphatic rings. The second-order valence-electron chi connectivity index (χ2n) is 3.71. The Kier molecular flexibility index (Phi) is 4.53. The van der Waals surface area contributed by atoms with Gasteiger partial charge in [-0.2, -0.15) is 0 Å². The normalized spacial score (nSPS) is 11.7. The van der Waals surface area contributed by atoms with E-state index in [-0.39, 0.29) is 17.2 Å². The van der Waals surface area contributed by atoms with E-state index in [1.54, 1.807) is 13.8 Å². The van der Waals surface area contributed by atoms with Gasteiger partial charge in [-0.05, 0) is 32.0 Å². The quantitative estimate of drug-likeness (QED) is 0.675. The number of nitrogens with one attached hydrogen (secondary N) is 1. The first-order valence-corrected chi connectivity index (χ1v) is 5.53. The number of ether oxygens (including phenoxy) is 1. The summed E-state index contributed by atoms with van der Waals surface area (Å²) < 4.78 is 5.34. The number of likely N-dealkylation sites (N-methyl/N-ethyl adjacent to an activating group) is 1. The van der Waals surface area contributed by atoms with Crippen molar-refractivity contribution in [3.05, 3.63) is 23.8 Å². The molecule has 18 heavy (non-hydrogen) atoms. The summed E-state index contributed by atoms with van der Waals surface area (Å²) >= 11 is 0. The third kappa shape index (κ3) is 3.38. The Morgan fingerprint density at radius 3 is 2.72 bits per heavy atom. The van der Waals surface area contributed by atoms with Gasteiger partial charge >= 0.3 is 5.97 Å². The van der Waals surface area contributed by atoms with Crippen molar-refractivity contribution in [1.82, 2.24) is 5.32 Å². The molecule has 0 radical (unpaired) electrons. The molecule has 0 saturated carbocycles. The minimum absolute atomic E-state index is 0.0457. The van der Waals surface area contributed by atoms with Crippen LogP contribution in [0.4, 0.5) is 5.69 Å². The van der Waals surface area contributed by atoms with E-state index in [2.05, 4.69) is 5.32 Å². The summed E-state index contributed by atoms with van der Waals surface area (Å²) in [6.07, 6.45) is -0.699. The molecule has 0 aromatic heterocycles. The van der Waals surface area contributed by atoms with Crippen molar-refractivity contribution in [3.63, 3.8) is 0 Å². The van der Waals surface area contributed by atoms with Crippen LogP contribution < -0.4 is 15.8 Å². The maximum Gasteiger partial charge on any atom is 0.337 e. The van der Waals surface area contributed by atoms with Crippen molar-refractivity contribution in [2.24, 2.45) is 0 Å². The van der Waals surface area contributed by atoms with Crippen molar-refractivity contribution < 1.29 is 19.4 Å². The summed E-state index contributed by atoms with van der Waals surface area (Å²) in [7, 11) is 0. The maximum atomic E-state index is 11.5. The number of carboxylic acid groups (broad SMARTS) is 1. The number of benzene rings is 1. The number of anilines is 1. The maximum absolute atomic E-state index is 11.5. The second kappa shape index (κ2) is 5.90. The fraction of sp³-hybridized carbons (Fsp3) is 0.333. The lowest BCUT2D eigenvalue weighted by Crippen LogP contribution is -2.36. The van der Waals surface area contributed by atoms with Crippen LogP contribution in [0.2, 0.25) is 0 Å². The third-order valence-electron chi connectivity index (χ3n) is 2.29. The fourth-order valence-electron chi connectivity index (χ4n) is 1.37. The van der Waals surface area contributed by atoms with Gasteiger partial charge in [0.05, 0.1) is 5.56 Å². The highest BCUT2D eigenvalue weighted by atomic mass is 16.5. The van der Waals surface area contributed by atoms with Crippen molar-refractivity contribution in [1.29, 1.82) is 0 Å². The van der Waals surface area contributed by atoms with Gasteiger partial charge in [-0.15, -0.1) is 0 Å². The van der Waals surface area contributed by atoms with Crippen molar-refractivity contribution >= 4 is 17.6 Å². The Balaban J connectivity index is 2.82. The van der Waals surface area contributed by atoms with Gasteiger partial charge in [-0.25, -0.2) is 4.79 Å². The van der Waals surface area contributed by atoms with Crippen molar-refractivity contribution in [3.8, 4) is 5.75 Å². The van der Waals surface area contributed by atoms with Gasteiger partial charge < -0.3 is 20.9 Å². The number of hydrogen-bond donors (Lipinski definition) is 3. The Bertz CT molecular complexity index is 459. The lowest BCUT2D eigenvalue weighted by Gasteiger charge is -2.14. The molecular formula is C12H16N2O4. The molecule has 98 valence electrons. The Morgan fingerprint density at radius 1 is 1.50 bits per heavy atom. The molecule has 6 nitrogen and oxygen atoms in total. The average molecular weight is 252 g/mol. The van der Waals surface area contributed by atoms with E-state index in [4.69, 9.17) is 15.6 Å². The molecule has 1 unspecified atom stereocenters. The highest BCUT2D eigenvalue weighted by molar-refractivity contribution is 5.94. The summed E-state index contributed by atoms with van der Waals surface area (Å²) in [6, 6.07) is 4.26. The molecule has 0 heterocycles. The Morgan fingerprint density at radius 2 is 2.17 bits per heavy atom. The fourth-order valence-corrected chi connectivity index (χ4v) is 1.37. The van der Waals surface area contributed by atoms with Crippen LogP contribution in [0, 0.1) is 0 Å². The second-order valence-corrected chi connectivity index (χ2v) is 3.71. The Labute approximate surface area is 105 Å². The average Bonchev–Trinajstić information content (AvgIpc) is 2.31. The minimum Gasteiger partial charge on any atom is -0.481 e. The van der Waals surface area contributed by atoms with Crippen LogP contribution in [-0.2, 0) is 4.79 Å². The molecule has 1 atom stereocenters. The van der Waals surface area contributed by atoms with Gasteiger partial charge in [-0.1, -0.05) is 0 Å². The van der Waals surface area contributed by atoms with Crippen LogP contribution >= 0.6 is 0 Å². The molecule has 6 heteroatoms. The summed E-state index contributed by atoms with van der Waals surface area (Å²) in [4.78, 5) is 22.3. The highest BCUT2D eigenvalue weighted by Gasteiger charge is 2.15. The first-order valence-electron chi connectivity index (χ1n) is 5.53. The molecule has 1 amide bonds. The SMILES string of the molecule is CCNC(=O)C(C)Oc1ccc(N)c(C(=O)O)c1. The number of carbonyl (C=O) groups is 2. The van der Waals surface area contributed by atoms with Gasteiger partial charge in [0.1, 0.15) is 5.75 Å². The molecular weight excluding hydrogens is 236 g/mol. The van der Waals surface area contributed by atoms with Crippen LogP contribution in [-0.4, -0.2) is 29.6 Å². The topological polar surface area (TPSA) is 102 Å². The number of nitrogen functional groups attached to an aromatic ring is 1. The highest BCUT2D eigenvalue weighted by Crippen LogP contribution is 2.20. The molecule has 0 aliphatic heterocycles. The Hall–Kier alpha value is -2.24. The van der Waals surface area contributed by atoms with Crippen molar-refractivity contribution in [2.75, 3.05) is 12.3 Å². The molecule has 0 fully saturated rings. The van der Waals surface area contributed by atoms with E-state index in [0.29, 0.717) is 12.3 Å². The largest absolute Gasteiger partial charge is 0.481 e. The number of carbonyl (C=O) groups excluding carboxylic acids is 1. The number of aromatic carboxylic acids is 1. The third-order valence-corrected chi connectivity index (χ3v) is 2.29. The number of hydrogen-bond acceptors (Lipinski definition) is 4. The van der Waals surface area contributed by atoms with E-state index in [1.807, 2.05) is 0 Å². The smallest absolute Gasteiger partial charge is 0.337 e. The molecule has 0 aliphatic carbocycles. The number of rotatable bonds is 5. The van der Waals surface area contributed by atoms with E-state index in [9.17, 15) is 9.59 Å². The van der Waals surface area contributed by atoms with Gasteiger partial charge in [-0.3, -0.25) is 4.79 Å². The van der Waals surface area contributed by atoms with Crippen LogP contribution in [0.5, 0.6) is 5.75 Å². The van der Waals surface area contributed by atoms with E-state index < -0.39 is 12.1 Å². The summed E-state index contributed by atoms with van der Waals surface area (Å²) in [5.41, 5.74) is 5.62. The monoisotopic (exact) mass is 252 g/mol. The molecule has 1 aromatic rings. The molecule has 4 N–H and O–H groups in total. The number of nitrogens with two attached hydrogens (primary N) is 1. The van der Waals surface area contributed by atoms with Crippen LogP contribution in [0.1, 0.15) is 24.2 Å². The molecule has 1 rings (SSSR count).